The summed E-state index contributed by atoms with van der Waals surface area (Å²) >= 11 is 15.1. The van der Waals surface area contributed by atoms with Crippen LogP contribution in [0, 0.1) is 0 Å². The molecule has 0 radical (unpaired) electrons. The summed E-state index contributed by atoms with van der Waals surface area (Å²) in [4.78, 5) is 26.8. The molecule has 17 heteroatoms. The van der Waals surface area contributed by atoms with Crippen molar-refractivity contribution in [3.63, 3.8) is 0 Å². The van der Waals surface area contributed by atoms with E-state index in [1.807, 2.05) is 30.6 Å². The lowest BCUT2D eigenvalue weighted by molar-refractivity contribution is 0.209. The van der Waals surface area contributed by atoms with Crippen LogP contribution in [-0.4, -0.2) is 113 Å². The van der Waals surface area contributed by atoms with Crippen LogP contribution >= 0.6 is 39.1 Å². The van der Waals surface area contributed by atoms with Gasteiger partial charge in [0.25, 0.3) is 0 Å². The van der Waals surface area contributed by atoms with Crippen LogP contribution in [0.4, 0.5) is 28.7 Å². The van der Waals surface area contributed by atoms with E-state index >= 15 is 0 Å². The second kappa shape index (κ2) is 17.7. The number of pyridine rings is 2. The first-order valence-corrected chi connectivity index (χ1v) is 19.2. The molecule has 2 fully saturated rings. The summed E-state index contributed by atoms with van der Waals surface area (Å²) in [5.41, 5.74) is 10.2. The number of rotatable bonds is 6. The molecule has 14 nitrogen and oxygen atoms in total. The molecule has 0 bridgehead atoms. The van der Waals surface area contributed by atoms with Crippen molar-refractivity contribution in [2.24, 2.45) is 0 Å². The van der Waals surface area contributed by atoms with Crippen molar-refractivity contribution in [3.05, 3.63) is 88.4 Å². The second-order valence-corrected chi connectivity index (χ2v) is 14.9. The summed E-state index contributed by atoms with van der Waals surface area (Å²) in [5, 5.41) is 12.3. The normalized spacial score (nSPS) is 15.4. The monoisotopic (exact) mass is 822 g/mol. The van der Waals surface area contributed by atoms with Crippen LogP contribution in [0.5, 0.6) is 0 Å². The molecule has 0 saturated carbocycles. The smallest absolute Gasteiger partial charge is 0.177 e. The van der Waals surface area contributed by atoms with Crippen LogP contribution in [0.1, 0.15) is 27.7 Å². The van der Waals surface area contributed by atoms with Gasteiger partial charge < -0.3 is 20.9 Å². The lowest BCUT2D eigenvalue weighted by Crippen LogP contribution is -2.48. The van der Waals surface area contributed by atoms with Gasteiger partial charge in [-0.25, -0.2) is 29.0 Å². The largest absolute Gasteiger partial charge is 0.384 e. The predicted molar refractivity (Wildman–Crippen MR) is 218 cm³/mol. The molecule has 8 heterocycles. The molecular formula is C36H45BrCl2N14. The number of imidazole rings is 2. The van der Waals surface area contributed by atoms with Gasteiger partial charge >= 0.3 is 0 Å². The predicted octanol–water partition coefficient (Wildman–Crippen LogP) is 6.39. The standard InChI is InChI=1S/C18H22ClN7.C12H20N4.C6H3BrClN3/c1-13(2)24-7-9-25(10-8-24)14-3-4-17(21-12-14)22-15-11-16(19)23-26-6-5-20-18(15)26;1-10(2)15-5-7-16(8-6-15)11-3-4-12(13)14-9-11;7-4-3-5(8)10-11-2-1-9-6(4)11/h3-6,11-13H,7-10H2,1-2H3,(H,21,22);3-4,9-10H,5-8H2,1-2H3,(H2,13,14);1-3H. The number of nitrogen functional groups attached to an aromatic ring is 1. The molecule has 2 aliphatic heterocycles. The fourth-order valence-electron chi connectivity index (χ4n) is 6.19. The Balaban J connectivity index is 0.000000151. The summed E-state index contributed by atoms with van der Waals surface area (Å²) in [6.45, 7) is 17.6. The first-order valence-electron chi connectivity index (χ1n) is 17.6. The third-order valence-corrected chi connectivity index (χ3v) is 10.2. The molecule has 0 aromatic carbocycles. The minimum Gasteiger partial charge on any atom is -0.384 e. The van der Waals surface area contributed by atoms with E-state index in [-0.39, 0.29) is 0 Å². The Labute approximate surface area is 328 Å². The zero-order valence-corrected chi connectivity index (χ0v) is 33.4. The maximum absolute atomic E-state index is 6.08. The highest BCUT2D eigenvalue weighted by atomic mass is 79.9. The Morgan fingerprint density at radius 2 is 1.17 bits per heavy atom. The molecule has 0 amide bonds. The highest BCUT2D eigenvalue weighted by Crippen LogP contribution is 2.24. The molecule has 0 aliphatic carbocycles. The van der Waals surface area contributed by atoms with E-state index in [0.717, 1.165) is 79.7 Å². The first-order chi connectivity index (χ1) is 25.5. The van der Waals surface area contributed by atoms with Crippen molar-refractivity contribution in [2.45, 2.75) is 39.8 Å². The highest BCUT2D eigenvalue weighted by Gasteiger charge is 2.20. The zero-order chi connectivity index (χ0) is 37.5. The molecule has 2 aliphatic rings. The number of halogens is 3. The van der Waals surface area contributed by atoms with E-state index < -0.39 is 0 Å². The molecule has 2 saturated heterocycles. The Hall–Kier alpha value is -4.28. The van der Waals surface area contributed by atoms with Crippen molar-refractivity contribution in [3.8, 4) is 0 Å². The molecular weight excluding hydrogens is 779 g/mol. The van der Waals surface area contributed by atoms with E-state index in [9.17, 15) is 0 Å². The molecule has 0 atom stereocenters. The van der Waals surface area contributed by atoms with Gasteiger partial charge in [-0.2, -0.15) is 10.2 Å². The highest BCUT2D eigenvalue weighted by molar-refractivity contribution is 9.10. The lowest BCUT2D eigenvalue weighted by atomic mass is 10.2. The van der Waals surface area contributed by atoms with Crippen molar-refractivity contribution < 1.29 is 0 Å². The molecule has 3 N–H and O–H groups in total. The Bertz CT molecular complexity index is 2050. The van der Waals surface area contributed by atoms with Gasteiger partial charge in [-0.05, 0) is 74.0 Å². The number of nitrogens with one attached hydrogen (secondary N) is 1. The van der Waals surface area contributed by atoms with Crippen LogP contribution in [-0.2, 0) is 0 Å². The molecule has 6 aromatic heterocycles. The lowest BCUT2D eigenvalue weighted by Gasteiger charge is -2.38. The van der Waals surface area contributed by atoms with Crippen LogP contribution in [0.3, 0.4) is 0 Å². The van der Waals surface area contributed by atoms with Crippen LogP contribution in [0.25, 0.3) is 11.3 Å². The van der Waals surface area contributed by atoms with Gasteiger partial charge in [0.15, 0.2) is 21.6 Å². The van der Waals surface area contributed by atoms with Crippen molar-refractivity contribution in [1.82, 2.24) is 49.0 Å². The molecule has 0 unspecified atom stereocenters. The summed E-state index contributed by atoms with van der Waals surface area (Å²) in [7, 11) is 0. The van der Waals surface area contributed by atoms with Crippen LogP contribution in [0.2, 0.25) is 10.3 Å². The SMILES string of the molecule is CC(C)N1CCN(c2ccc(N)nc2)CC1.CC(C)N1CCN(c2ccc(Nc3cc(Cl)nn4ccnc34)nc2)CC1.Clc1cc(Br)c2nccn2n1. The topological polar surface area (TPSA) is 137 Å². The third-order valence-electron chi connectivity index (χ3n) is 9.21. The van der Waals surface area contributed by atoms with Crippen molar-refractivity contribution in [1.29, 1.82) is 0 Å². The van der Waals surface area contributed by atoms with Gasteiger partial charge in [0, 0.05) is 95.3 Å². The minimum atomic E-state index is 0.401. The van der Waals surface area contributed by atoms with E-state index in [1.54, 1.807) is 46.0 Å². The minimum absolute atomic E-state index is 0.401. The average Bonchev–Trinajstić information content (AvgIpc) is 3.83. The van der Waals surface area contributed by atoms with E-state index in [2.05, 4.69) is 105 Å². The van der Waals surface area contributed by atoms with Gasteiger partial charge in [0.2, 0.25) is 0 Å². The van der Waals surface area contributed by atoms with Gasteiger partial charge in [-0.15, -0.1) is 0 Å². The quantitative estimate of drug-likeness (QED) is 0.193. The summed E-state index contributed by atoms with van der Waals surface area (Å²) in [6, 6.07) is 12.7. The average molecular weight is 825 g/mol. The second-order valence-electron chi connectivity index (χ2n) is 13.3. The number of fused-ring (bicyclic) bond motifs is 2. The number of nitrogens with zero attached hydrogens (tertiary/aromatic N) is 12. The van der Waals surface area contributed by atoms with E-state index in [1.165, 1.54) is 5.69 Å². The Morgan fingerprint density at radius 3 is 1.68 bits per heavy atom. The van der Waals surface area contributed by atoms with E-state index in [0.29, 0.717) is 33.9 Å². The number of aromatic nitrogens is 8. The first kappa shape index (κ1) is 38.4. The molecule has 53 heavy (non-hydrogen) atoms. The molecule has 8 rings (SSSR count). The molecule has 6 aromatic rings. The maximum Gasteiger partial charge on any atom is 0.177 e. The number of anilines is 5. The molecule has 0 spiro atoms. The number of hydrogen-bond acceptors (Lipinski definition) is 12. The Morgan fingerprint density at radius 1 is 0.660 bits per heavy atom. The fraction of sp³-hybridized carbons (Fsp3) is 0.389. The Kier molecular flexibility index (Phi) is 12.8. The molecule has 280 valence electrons. The van der Waals surface area contributed by atoms with Crippen LogP contribution in [0.15, 0.2) is 78.1 Å². The van der Waals surface area contributed by atoms with E-state index in [4.69, 9.17) is 28.9 Å². The summed E-state index contributed by atoms with van der Waals surface area (Å²) < 4.78 is 4.11. The number of piperazine rings is 2. The maximum atomic E-state index is 6.08. The summed E-state index contributed by atoms with van der Waals surface area (Å²) in [6.07, 6.45) is 10.6. The van der Waals surface area contributed by atoms with Crippen LogP contribution < -0.4 is 20.9 Å². The number of hydrogen-bond donors (Lipinski definition) is 2. The van der Waals surface area contributed by atoms with Gasteiger partial charge in [0.1, 0.15) is 11.6 Å². The fourth-order valence-corrected chi connectivity index (χ4v) is 7.20. The third kappa shape index (κ3) is 10.0. The van der Waals surface area contributed by atoms with Crippen molar-refractivity contribution in [2.75, 3.05) is 73.2 Å². The van der Waals surface area contributed by atoms with Gasteiger partial charge in [0.05, 0.1) is 33.9 Å². The van der Waals surface area contributed by atoms with Gasteiger partial charge in [-0.1, -0.05) is 23.2 Å². The van der Waals surface area contributed by atoms with Gasteiger partial charge in [-0.3, -0.25) is 9.80 Å². The summed E-state index contributed by atoms with van der Waals surface area (Å²) in [5.74, 6) is 1.34. The zero-order valence-electron chi connectivity index (χ0n) is 30.3. The number of nitrogens with two attached hydrogens (primary N) is 1. The van der Waals surface area contributed by atoms with Crippen molar-refractivity contribution >= 4 is 79.1 Å².